The summed E-state index contributed by atoms with van der Waals surface area (Å²) in [4.78, 5) is 20.7. The van der Waals surface area contributed by atoms with Crippen LogP contribution in [0.25, 0.3) is 0 Å². The summed E-state index contributed by atoms with van der Waals surface area (Å²) in [5.74, 6) is 1.23. The van der Waals surface area contributed by atoms with Crippen LogP contribution in [0.15, 0.2) is 36.5 Å². The largest absolute Gasteiger partial charge is 0.465 e. The SMILES string of the molecule is O=C(O)N1CC[C@@H](Nc2ncc(Cl)c(Oc3ccccc3)n2)C1. The molecule has 1 amide bonds. The molecule has 0 radical (unpaired) electrons. The Labute approximate surface area is 137 Å². The molecule has 3 rings (SSSR count). The van der Waals surface area contributed by atoms with Crippen LogP contribution < -0.4 is 10.1 Å². The number of benzene rings is 1. The van der Waals surface area contributed by atoms with Gasteiger partial charge in [0.25, 0.3) is 0 Å². The quantitative estimate of drug-likeness (QED) is 0.893. The molecule has 2 aromatic rings. The zero-order valence-electron chi connectivity index (χ0n) is 12.1. The van der Waals surface area contributed by atoms with E-state index in [0.29, 0.717) is 36.2 Å². The van der Waals surface area contributed by atoms with Crippen LogP contribution in [-0.2, 0) is 0 Å². The number of likely N-dealkylation sites (tertiary alicyclic amines) is 1. The summed E-state index contributed by atoms with van der Waals surface area (Å²) in [5.41, 5.74) is 0. The number of hydrogen-bond acceptors (Lipinski definition) is 5. The molecule has 0 saturated carbocycles. The highest BCUT2D eigenvalue weighted by Crippen LogP contribution is 2.27. The van der Waals surface area contributed by atoms with Gasteiger partial charge in [-0.15, -0.1) is 0 Å². The molecule has 1 aliphatic heterocycles. The summed E-state index contributed by atoms with van der Waals surface area (Å²) >= 11 is 6.06. The molecule has 1 fully saturated rings. The number of amides is 1. The number of aromatic nitrogens is 2. The molecule has 1 aromatic heterocycles. The molecule has 1 atom stereocenters. The molecule has 1 saturated heterocycles. The number of halogens is 1. The number of ether oxygens (including phenoxy) is 1. The summed E-state index contributed by atoms with van der Waals surface area (Å²) in [6.45, 7) is 0.893. The van der Waals surface area contributed by atoms with Crippen molar-refractivity contribution in [3.8, 4) is 11.6 Å². The van der Waals surface area contributed by atoms with E-state index in [0.717, 1.165) is 0 Å². The van der Waals surface area contributed by atoms with Crippen LogP contribution in [0.5, 0.6) is 11.6 Å². The highest BCUT2D eigenvalue weighted by atomic mass is 35.5. The van der Waals surface area contributed by atoms with Crippen molar-refractivity contribution in [2.45, 2.75) is 12.5 Å². The Morgan fingerprint density at radius 1 is 1.39 bits per heavy atom. The van der Waals surface area contributed by atoms with Crippen molar-refractivity contribution >= 4 is 23.6 Å². The monoisotopic (exact) mass is 334 g/mol. The maximum Gasteiger partial charge on any atom is 0.407 e. The Hall–Kier alpha value is -2.54. The van der Waals surface area contributed by atoms with Gasteiger partial charge >= 0.3 is 6.09 Å². The van der Waals surface area contributed by atoms with Crippen LogP contribution >= 0.6 is 11.6 Å². The lowest BCUT2D eigenvalue weighted by Gasteiger charge is -2.14. The van der Waals surface area contributed by atoms with Crippen molar-refractivity contribution in [2.75, 3.05) is 18.4 Å². The minimum atomic E-state index is -0.917. The first-order valence-corrected chi connectivity index (χ1v) is 7.49. The summed E-state index contributed by atoms with van der Waals surface area (Å²) in [7, 11) is 0. The summed E-state index contributed by atoms with van der Waals surface area (Å²) < 4.78 is 5.65. The van der Waals surface area contributed by atoms with Crippen molar-refractivity contribution in [3.05, 3.63) is 41.6 Å². The van der Waals surface area contributed by atoms with Crippen LogP contribution in [0.4, 0.5) is 10.7 Å². The van der Waals surface area contributed by atoms with E-state index >= 15 is 0 Å². The molecule has 0 spiro atoms. The van der Waals surface area contributed by atoms with Gasteiger partial charge in [-0.2, -0.15) is 4.98 Å². The molecule has 0 unspecified atom stereocenters. The van der Waals surface area contributed by atoms with E-state index in [1.54, 1.807) is 12.1 Å². The number of hydrogen-bond donors (Lipinski definition) is 2. The molecule has 1 aliphatic rings. The average molecular weight is 335 g/mol. The summed E-state index contributed by atoms with van der Waals surface area (Å²) in [5, 5.41) is 12.4. The van der Waals surface area contributed by atoms with Crippen LogP contribution in [0.1, 0.15) is 6.42 Å². The van der Waals surface area contributed by atoms with E-state index in [9.17, 15) is 4.79 Å². The lowest BCUT2D eigenvalue weighted by atomic mass is 10.3. The van der Waals surface area contributed by atoms with Gasteiger partial charge in [0.05, 0.1) is 6.20 Å². The van der Waals surface area contributed by atoms with Gasteiger partial charge in [0.1, 0.15) is 10.8 Å². The molecule has 0 bridgehead atoms. The maximum atomic E-state index is 10.9. The minimum absolute atomic E-state index is 0.0307. The molecule has 1 aromatic carbocycles. The van der Waals surface area contributed by atoms with Crippen molar-refractivity contribution in [1.82, 2.24) is 14.9 Å². The highest BCUT2D eigenvalue weighted by molar-refractivity contribution is 6.31. The fourth-order valence-corrected chi connectivity index (χ4v) is 2.46. The first kappa shape index (κ1) is 15.4. The van der Waals surface area contributed by atoms with E-state index in [1.165, 1.54) is 11.1 Å². The second-order valence-electron chi connectivity index (χ2n) is 5.12. The number of para-hydroxylation sites is 1. The van der Waals surface area contributed by atoms with Crippen LogP contribution in [0.3, 0.4) is 0 Å². The third-order valence-electron chi connectivity index (χ3n) is 3.46. The Morgan fingerprint density at radius 2 is 2.17 bits per heavy atom. The summed E-state index contributed by atoms with van der Waals surface area (Å²) in [6, 6.07) is 9.15. The molecule has 2 N–H and O–H groups in total. The van der Waals surface area contributed by atoms with E-state index in [2.05, 4.69) is 15.3 Å². The van der Waals surface area contributed by atoms with E-state index in [-0.39, 0.29) is 11.9 Å². The average Bonchev–Trinajstić information content (AvgIpc) is 3.00. The van der Waals surface area contributed by atoms with Gasteiger partial charge in [-0.05, 0) is 18.6 Å². The number of carboxylic acid groups (broad SMARTS) is 1. The van der Waals surface area contributed by atoms with Crippen molar-refractivity contribution in [2.24, 2.45) is 0 Å². The molecular weight excluding hydrogens is 320 g/mol. The molecule has 23 heavy (non-hydrogen) atoms. The smallest absolute Gasteiger partial charge is 0.407 e. The van der Waals surface area contributed by atoms with Gasteiger partial charge in [0.2, 0.25) is 11.8 Å². The lowest BCUT2D eigenvalue weighted by Crippen LogP contribution is -2.30. The fraction of sp³-hybridized carbons (Fsp3) is 0.267. The van der Waals surface area contributed by atoms with Gasteiger partial charge in [0, 0.05) is 19.1 Å². The number of carbonyl (C=O) groups is 1. The molecule has 0 aliphatic carbocycles. The van der Waals surface area contributed by atoms with Gasteiger partial charge in [0.15, 0.2) is 0 Å². The molecular formula is C15H15ClN4O3. The second kappa shape index (κ2) is 6.70. The Morgan fingerprint density at radius 3 is 2.87 bits per heavy atom. The van der Waals surface area contributed by atoms with E-state index < -0.39 is 6.09 Å². The number of anilines is 1. The van der Waals surface area contributed by atoms with E-state index in [4.69, 9.17) is 21.4 Å². The van der Waals surface area contributed by atoms with Gasteiger partial charge < -0.3 is 20.1 Å². The number of nitrogens with zero attached hydrogens (tertiary/aromatic N) is 3. The minimum Gasteiger partial charge on any atom is -0.465 e. The second-order valence-corrected chi connectivity index (χ2v) is 5.53. The van der Waals surface area contributed by atoms with Gasteiger partial charge in [-0.25, -0.2) is 9.78 Å². The highest BCUT2D eigenvalue weighted by Gasteiger charge is 2.26. The van der Waals surface area contributed by atoms with Crippen molar-refractivity contribution < 1.29 is 14.6 Å². The molecule has 120 valence electrons. The number of rotatable bonds is 4. The van der Waals surface area contributed by atoms with Crippen LogP contribution in [0.2, 0.25) is 5.02 Å². The zero-order chi connectivity index (χ0) is 16.2. The summed E-state index contributed by atoms with van der Waals surface area (Å²) in [6.07, 6.45) is 1.24. The Kier molecular flexibility index (Phi) is 4.47. The number of nitrogens with one attached hydrogen (secondary N) is 1. The predicted molar refractivity (Wildman–Crippen MR) is 85.2 cm³/mol. The van der Waals surface area contributed by atoms with Gasteiger partial charge in [-0.1, -0.05) is 29.8 Å². The topological polar surface area (TPSA) is 87.6 Å². The normalized spacial score (nSPS) is 17.1. The Balaban J connectivity index is 1.69. The van der Waals surface area contributed by atoms with Crippen molar-refractivity contribution in [3.63, 3.8) is 0 Å². The molecule has 2 heterocycles. The predicted octanol–water partition coefficient (Wildman–Crippen LogP) is 3.09. The van der Waals surface area contributed by atoms with Crippen molar-refractivity contribution in [1.29, 1.82) is 0 Å². The van der Waals surface area contributed by atoms with Crippen LogP contribution in [-0.4, -0.2) is 45.2 Å². The third-order valence-corrected chi connectivity index (χ3v) is 3.72. The Bertz CT molecular complexity index is 698. The molecule has 7 nitrogen and oxygen atoms in total. The standard InChI is InChI=1S/C15H15ClN4O3/c16-12-8-17-14(18-10-6-7-20(9-10)15(21)22)19-13(12)23-11-4-2-1-3-5-11/h1-5,8,10H,6-7,9H2,(H,21,22)(H,17,18,19)/t10-/m1/s1. The first-order valence-electron chi connectivity index (χ1n) is 7.11. The van der Waals surface area contributed by atoms with Crippen LogP contribution in [0, 0.1) is 0 Å². The van der Waals surface area contributed by atoms with E-state index in [1.807, 2.05) is 18.2 Å². The zero-order valence-corrected chi connectivity index (χ0v) is 12.9. The first-order chi connectivity index (χ1) is 11.1. The lowest BCUT2D eigenvalue weighted by molar-refractivity contribution is 0.155. The van der Waals surface area contributed by atoms with Gasteiger partial charge in [-0.3, -0.25) is 0 Å². The molecule has 8 heteroatoms. The maximum absolute atomic E-state index is 10.9. The third kappa shape index (κ3) is 3.81. The fourth-order valence-electron chi connectivity index (χ4n) is 2.33.